The number of aliphatic hydroxyl groups excluding tert-OH is 6. The van der Waals surface area contributed by atoms with Crippen molar-refractivity contribution in [3.05, 3.63) is 89.2 Å². The standard InChI is InChI=1S/C39H40O20/c40-15-26-37(59-30(47)14-28(44)45)33(50)35(52)39(57-26)55-24-12-21(43)11-23-22(24)13-25(36(54-23)18-4-8-20(42)9-5-18)56-38-34(51)32(49)31(48)27(58-38)16-53-29(46)10-3-17-1-6-19(41)7-2-17/h1-13,26-27,31-43,48-52H,14-16H2,(H,44,45)/p+1/b10-3+/t26-,27+,31-,32+,33-,34+,35-,36?,37-,38-,39-/m1/s1. The molecule has 0 saturated carbocycles. The Kier molecular flexibility index (Phi) is 13.2. The van der Waals surface area contributed by atoms with Gasteiger partial charge in [-0.3, -0.25) is 9.59 Å². The van der Waals surface area contributed by atoms with Gasteiger partial charge in [-0.25, -0.2) is 4.79 Å². The minimum atomic E-state index is -1.98. The summed E-state index contributed by atoms with van der Waals surface area (Å²) in [6.45, 7) is -1.48. The van der Waals surface area contributed by atoms with Crippen LogP contribution in [0.25, 0.3) is 12.2 Å². The number of hydrogen-bond donors (Lipinski definition) is 10. The molecule has 2 fully saturated rings. The highest BCUT2D eigenvalue weighted by Crippen LogP contribution is 2.46. The van der Waals surface area contributed by atoms with Gasteiger partial charge in [0.25, 0.3) is 11.9 Å². The Labute approximate surface area is 333 Å². The minimum absolute atomic E-state index is 0.0277. The van der Waals surface area contributed by atoms with E-state index >= 15 is 0 Å². The van der Waals surface area contributed by atoms with Crippen LogP contribution < -0.4 is 4.74 Å². The number of phenolic OH excluding ortho intramolecular Hbond substituents is 3. The highest BCUT2D eigenvalue weighted by molar-refractivity contribution is 5.90. The van der Waals surface area contributed by atoms with Crippen LogP contribution in [0.2, 0.25) is 0 Å². The first-order chi connectivity index (χ1) is 28.1. The normalized spacial score (nSPS) is 29.1. The van der Waals surface area contributed by atoms with Gasteiger partial charge >= 0.3 is 17.9 Å². The van der Waals surface area contributed by atoms with Crippen molar-refractivity contribution in [2.45, 2.75) is 73.9 Å². The van der Waals surface area contributed by atoms with Crippen LogP contribution in [-0.2, 0) is 38.1 Å². The zero-order valence-corrected chi connectivity index (χ0v) is 30.6. The molecule has 2 saturated heterocycles. The van der Waals surface area contributed by atoms with E-state index in [-0.39, 0.29) is 34.3 Å². The van der Waals surface area contributed by atoms with E-state index in [4.69, 9.17) is 33.5 Å². The maximum Gasteiger partial charge on any atom is 0.330 e. The van der Waals surface area contributed by atoms with E-state index in [0.717, 1.165) is 12.1 Å². The number of carbonyl (C=O) groups excluding carboxylic acids is 2. The average molecular weight is 830 g/mol. The quantitative estimate of drug-likeness (QED) is 0.0446. The van der Waals surface area contributed by atoms with Crippen molar-refractivity contribution in [2.75, 3.05) is 13.2 Å². The van der Waals surface area contributed by atoms with Crippen molar-refractivity contribution in [2.24, 2.45) is 0 Å². The van der Waals surface area contributed by atoms with E-state index in [1.165, 1.54) is 54.6 Å². The molecule has 3 aliphatic rings. The Morgan fingerprint density at radius 2 is 1.37 bits per heavy atom. The van der Waals surface area contributed by atoms with Crippen LogP contribution in [0.3, 0.4) is 0 Å². The molecule has 3 heterocycles. The predicted octanol–water partition coefficient (Wildman–Crippen LogP) is -0.574. The van der Waals surface area contributed by atoms with Crippen molar-refractivity contribution >= 4 is 30.1 Å². The Bertz CT molecular complexity index is 2030. The van der Waals surface area contributed by atoms with Gasteiger partial charge in [0.2, 0.25) is 12.6 Å². The van der Waals surface area contributed by atoms with Crippen LogP contribution in [0, 0.1) is 0 Å². The van der Waals surface area contributed by atoms with Gasteiger partial charge in [-0.1, -0.05) is 12.1 Å². The third-order valence-electron chi connectivity index (χ3n) is 9.38. The lowest BCUT2D eigenvalue weighted by Gasteiger charge is -2.41. The first-order valence-electron chi connectivity index (χ1n) is 17.9. The number of rotatable bonds is 13. The third-order valence-corrected chi connectivity index (χ3v) is 9.38. The summed E-state index contributed by atoms with van der Waals surface area (Å²) in [6, 6.07) is 14.0. The zero-order chi connectivity index (χ0) is 42.5. The van der Waals surface area contributed by atoms with Crippen LogP contribution in [0.1, 0.15) is 29.2 Å². The average Bonchev–Trinajstić information content (AvgIpc) is 3.20. The lowest BCUT2D eigenvalue weighted by Crippen LogP contribution is -2.61. The fourth-order valence-corrected chi connectivity index (χ4v) is 6.35. The number of benzene rings is 3. The number of aliphatic carboxylic acids is 1. The predicted molar refractivity (Wildman–Crippen MR) is 195 cm³/mol. The van der Waals surface area contributed by atoms with E-state index in [2.05, 4.69) is 4.74 Å². The molecule has 0 aliphatic carbocycles. The van der Waals surface area contributed by atoms with E-state index < -0.39 is 111 Å². The molecule has 11 atom stereocenters. The second kappa shape index (κ2) is 18.3. The van der Waals surface area contributed by atoms with Crippen molar-refractivity contribution in [1.82, 2.24) is 0 Å². The molecule has 11 N–H and O–H groups in total. The van der Waals surface area contributed by atoms with Gasteiger partial charge in [-0.05, 0) is 48.0 Å². The van der Waals surface area contributed by atoms with Crippen molar-refractivity contribution in [3.63, 3.8) is 0 Å². The molecule has 0 radical (unpaired) electrons. The summed E-state index contributed by atoms with van der Waals surface area (Å²) in [5, 5.41) is 103. The van der Waals surface area contributed by atoms with Crippen LogP contribution in [0.5, 0.6) is 28.7 Å². The molecule has 0 spiro atoms. The Hall–Kier alpha value is -5.97. The van der Waals surface area contributed by atoms with E-state index in [1.807, 2.05) is 0 Å². The number of esters is 2. The molecule has 0 bridgehead atoms. The van der Waals surface area contributed by atoms with Crippen molar-refractivity contribution in [1.29, 1.82) is 0 Å². The molecule has 20 nitrogen and oxygen atoms in total. The number of phenols is 3. The van der Waals surface area contributed by atoms with Crippen LogP contribution in [0.15, 0.2) is 72.5 Å². The van der Waals surface area contributed by atoms with Gasteiger partial charge in [0.05, 0.1) is 18.2 Å². The molecular formula is C39H41O20+. The summed E-state index contributed by atoms with van der Waals surface area (Å²) in [4.78, 5) is 35.4. The third kappa shape index (κ3) is 10.0. The fraction of sp³-hybridized carbons (Fsp3) is 0.359. The summed E-state index contributed by atoms with van der Waals surface area (Å²) in [5.41, 5.74) is 1.04. The summed E-state index contributed by atoms with van der Waals surface area (Å²) < 4.78 is 38.3. The first-order valence-corrected chi connectivity index (χ1v) is 17.9. The lowest BCUT2D eigenvalue weighted by molar-refractivity contribution is -0.296. The number of ether oxygens (including phenoxy) is 7. The van der Waals surface area contributed by atoms with Gasteiger partial charge in [0.1, 0.15) is 84.3 Å². The van der Waals surface area contributed by atoms with Gasteiger partial charge in [-0.2, -0.15) is 0 Å². The molecule has 3 aromatic carbocycles. The molecule has 3 aromatic rings. The van der Waals surface area contributed by atoms with Crippen LogP contribution in [0.4, 0.5) is 0 Å². The number of carboxylic acids is 1. The summed E-state index contributed by atoms with van der Waals surface area (Å²) >= 11 is 0. The van der Waals surface area contributed by atoms with E-state index in [0.29, 0.717) is 11.1 Å². The Balaban J connectivity index is 1.25. The fourth-order valence-electron chi connectivity index (χ4n) is 6.35. The number of carbonyl (C=O) groups is 3. The molecule has 1 unspecified atom stereocenters. The number of fused-ring (bicyclic) bond motifs is 1. The van der Waals surface area contributed by atoms with E-state index in [9.17, 15) is 60.3 Å². The first kappa shape index (κ1) is 42.6. The number of hydrogen-bond acceptors (Lipinski definition) is 18. The second-order valence-electron chi connectivity index (χ2n) is 13.6. The smallest absolute Gasteiger partial charge is 0.330 e. The molecule has 6 rings (SSSR count). The van der Waals surface area contributed by atoms with Crippen molar-refractivity contribution < 1.29 is 98.6 Å². The van der Waals surface area contributed by atoms with Gasteiger partial charge < -0.3 is 84.2 Å². The van der Waals surface area contributed by atoms with Gasteiger partial charge in [0.15, 0.2) is 11.9 Å². The van der Waals surface area contributed by atoms with Crippen molar-refractivity contribution in [3.8, 4) is 28.7 Å². The number of carboxylic acid groups (broad SMARTS) is 1. The lowest BCUT2D eigenvalue weighted by atomic mass is 9.98. The van der Waals surface area contributed by atoms with Crippen LogP contribution in [-0.4, -0.2) is 148 Å². The SMILES string of the molecule is O=C(O)CC(=O)O[C@H]1[C@H](O)[C@@H](O)[C@H](Oc2cc(O)cc3c2C=C(O[C@@H]2O[C@@H](COC(=O)/C=C/c4ccc(O)cc4)[C@@H](O)[C@H](O)[C@@H]2O)C(c2ccc(O)cc2)[OH+]3)O[C@@H]1CO. The largest absolute Gasteiger partial charge is 0.571 e. The monoisotopic (exact) mass is 829 g/mol. The molecule has 3 aliphatic heterocycles. The minimum Gasteiger partial charge on any atom is -0.571 e. The van der Waals surface area contributed by atoms with Gasteiger partial charge in [-0.15, -0.1) is 0 Å². The second-order valence-corrected chi connectivity index (χ2v) is 13.6. The maximum absolute atomic E-state index is 12.5. The van der Waals surface area contributed by atoms with Crippen LogP contribution >= 0.6 is 0 Å². The molecule has 0 amide bonds. The molecular weight excluding hydrogens is 788 g/mol. The maximum atomic E-state index is 12.5. The highest BCUT2D eigenvalue weighted by Gasteiger charge is 2.49. The number of aromatic hydroxyl groups is 4. The molecule has 0 aromatic heterocycles. The zero-order valence-electron chi connectivity index (χ0n) is 30.6. The Morgan fingerprint density at radius 3 is 2.03 bits per heavy atom. The Morgan fingerprint density at radius 1 is 0.746 bits per heavy atom. The molecule has 20 heteroatoms. The highest BCUT2D eigenvalue weighted by atomic mass is 16.7. The number of aliphatic hydroxyl groups is 7. The molecule has 316 valence electrons. The topological polar surface area (TPSA) is 322 Å². The summed E-state index contributed by atoms with van der Waals surface area (Å²) in [6.07, 6.45) is -15.9. The van der Waals surface area contributed by atoms with E-state index in [1.54, 1.807) is 12.1 Å². The van der Waals surface area contributed by atoms with Gasteiger partial charge in [0, 0.05) is 18.2 Å². The summed E-state index contributed by atoms with van der Waals surface area (Å²) in [5.74, 6) is -4.37. The summed E-state index contributed by atoms with van der Waals surface area (Å²) in [7, 11) is 0. The molecule has 59 heavy (non-hydrogen) atoms.